The van der Waals surface area contributed by atoms with E-state index in [1.165, 1.54) is 0 Å². The van der Waals surface area contributed by atoms with Crippen molar-refractivity contribution in [1.29, 1.82) is 0 Å². The summed E-state index contributed by atoms with van der Waals surface area (Å²) in [5, 5.41) is 0. The summed E-state index contributed by atoms with van der Waals surface area (Å²) in [7, 11) is -10.2. The van der Waals surface area contributed by atoms with E-state index in [0.29, 0.717) is 0 Å². The van der Waals surface area contributed by atoms with Crippen LogP contribution in [0.3, 0.4) is 0 Å². The summed E-state index contributed by atoms with van der Waals surface area (Å²) in [6.07, 6.45) is -9.59. The Hall–Kier alpha value is -0.372. The van der Waals surface area contributed by atoms with Crippen LogP contribution < -0.4 is 0 Å². The molecule has 0 aliphatic carbocycles. The van der Waals surface area contributed by atoms with Gasteiger partial charge in [0.1, 0.15) is 0 Å². The normalized spacial score (nSPS) is 15.8. The second-order valence-corrected chi connectivity index (χ2v) is 20.5. The van der Waals surface area contributed by atoms with E-state index < -0.39 is 103 Å². The first-order valence-corrected chi connectivity index (χ1v) is 21.6. The van der Waals surface area contributed by atoms with E-state index in [9.17, 15) is 70.2 Å². The van der Waals surface area contributed by atoms with Crippen LogP contribution in [0.25, 0.3) is 0 Å². The topological polar surface area (TPSA) is 27.7 Å². The minimum Gasteiger partial charge on any atom is -0.420 e. The first kappa shape index (κ1) is 39.6. The van der Waals surface area contributed by atoms with E-state index in [1.807, 2.05) is 0 Å². The molecule has 0 rings (SSSR count). The number of alkyl halides is 16. The summed E-state index contributed by atoms with van der Waals surface area (Å²) in [5.74, 6) is -54.4. The van der Waals surface area contributed by atoms with Gasteiger partial charge < -0.3 is 12.3 Å². The van der Waals surface area contributed by atoms with Gasteiger partial charge in [-0.15, -0.1) is 0 Å². The molecule has 0 heterocycles. The third-order valence-electron chi connectivity index (χ3n) is 4.95. The Morgan fingerprint density at radius 1 is 0.525 bits per heavy atom. The number of rotatable bonds is 17. The molecule has 242 valence electrons. The summed E-state index contributed by atoms with van der Waals surface area (Å²) in [6, 6.07) is -0.739. The molecule has 0 bridgehead atoms. The van der Waals surface area contributed by atoms with Crippen molar-refractivity contribution < 1.29 is 82.6 Å². The standard InChI is InChI=1S/C17H28F16O3Si4/c1-37(2)34-40(35-38(3)4,36-39(5)6)9-7-8-11(20,21)13(24,25)15(28,29)17(32,33)16(30,31)14(26,27)12(22,23)10(18)19/h10,37-39H,7-9H2,1-6H3. The van der Waals surface area contributed by atoms with E-state index in [0.717, 1.165) is 0 Å². The summed E-state index contributed by atoms with van der Waals surface area (Å²) in [5.41, 5.74) is 0. The molecule has 0 atom stereocenters. The van der Waals surface area contributed by atoms with Crippen molar-refractivity contribution in [2.24, 2.45) is 0 Å². The zero-order valence-corrected chi connectivity index (χ0v) is 26.2. The molecular formula is C17H28F16O3Si4. The molecule has 0 amide bonds. The summed E-state index contributed by atoms with van der Waals surface area (Å²) >= 11 is 0. The summed E-state index contributed by atoms with van der Waals surface area (Å²) in [4.78, 5) is 0. The number of hydrogen-bond donors (Lipinski definition) is 0. The van der Waals surface area contributed by atoms with Crippen molar-refractivity contribution in [3.63, 3.8) is 0 Å². The van der Waals surface area contributed by atoms with Crippen molar-refractivity contribution in [1.82, 2.24) is 0 Å². The van der Waals surface area contributed by atoms with Gasteiger partial charge in [-0.2, -0.15) is 61.5 Å². The van der Waals surface area contributed by atoms with Crippen LogP contribution in [0, 0.1) is 0 Å². The van der Waals surface area contributed by atoms with Gasteiger partial charge in [-0.1, -0.05) is 0 Å². The van der Waals surface area contributed by atoms with Crippen LogP contribution in [0.4, 0.5) is 70.2 Å². The van der Waals surface area contributed by atoms with Crippen LogP contribution in [0.15, 0.2) is 0 Å². The van der Waals surface area contributed by atoms with Crippen molar-refractivity contribution in [3.05, 3.63) is 0 Å². The zero-order valence-electron chi connectivity index (χ0n) is 21.7. The van der Waals surface area contributed by atoms with Gasteiger partial charge in [0.2, 0.25) is 0 Å². The van der Waals surface area contributed by atoms with Gasteiger partial charge in [0.25, 0.3) is 0 Å². The van der Waals surface area contributed by atoms with Crippen LogP contribution in [-0.2, 0) is 12.3 Å². The average Bonchev–Trinajstić information content (AvgIpc) is 2.70. The molecule has 3 nitrogen and oxygen atoms in total. The van der Waals surface area contributed by atoms with Gasteiger partial charge in [0.15, 0.2) is 27.1 Å². The van der Waals surface area contributed by atoms with Crippen LogP contribution in [0.2, 0.25) is 45.3 Å². The molecule has 0 spiro atoms. The fraction of sp³-hybridized carbons (Fsp3) is 1.00. The smallest absolute Gasteiger partial charge is 0.420 e. The fourth-order valence-electron chi connectivity index (χ4n) is 3.19. The maximum atomic E-state index is 14.3. The SMILES string of the molecule is C[SiH](C)O[Si](CCCC(F)(F)C(F)(F)C(F)(F)C(F)(F)C(F)(F)C(F)(F)C(F)(F)C(F)F)(O[SiH](C)C)O[SiH](C)C. The van der Waals surface area contributed by atoms with Gasteiger partial charge in [0, 0.05) is 12.5 Å². The maximum Gasteiger partial charge on any atom is 0.468 e. The molecule has 0 saturated carbocycles. The predicted molar refractivity (Wildman–Crippen MR) is 120 cm³/mol. The number of halogens is 16. The largest absolute Gasteiger partial charge is 0.468 e. The minimum absolute atomic E-state index is 0.739. The Kier molecular flexibility index (Phi) is 12.6. The Morgan fingerprint density at radius 2 is 0.825 bits per heavy atom. The Labute approximate surface area is 225 Å². The summed E-state index contributed by atoms with van der Waals surface area (Å²) in [6.45, 7) is 9.48. The number of hydrogen-bond acceptors (Lipinski definition) is 3. The minimum atomic E-state index is -8.39. The summed E-state index contributed by atoms with van der Waals surface area (Å²) < 4.78 is 234. The highest BCUT2D eigenvalue weighted by Gasteiger charge is 2.93. The molecule has 0 aromatic rings. The van der Waals surface area contributed by atoms with Crippen LogP contribution in [0.5, 0.6) is 0 Å². The second kappa shape index (κ2) is 12.7. The van der Waals surface area contributed by atoms with E-state index in [2.05, 4.69) is 0 Å². The van der Waals surface area contributed by atoms with E-state index in [-0.39, 0.29) is 0 Å². The Morgan fingerprint density at radius 3 is 1.12 bits per heavy atom. The molecule has 0 N–H and O–H groups in total. The van der Waals surface area contributed by atoms with Crippen LogP contribution in [-0.4, -0.2) is 83.8 Å². The van der Waals surface area contributed by atoms with E-state index in [4.69, 9.17) is 12.3 Å². The molecule has 0 fully saturated rings. The first-order chi connectivity index (χ1) is 17.4. The monoisotopic (exact) mass is 696 g/mol. The Balaban J connectivity index is 6.38. The molecular weight excluding hydrogens is 668 g/mol. The van der Waals surface area contributed by atoms with Gasteiger partial charge in [0.05, 0.1) is 0 Å². The molecule has 40 heavy (non-hydrogen) atoms. The zero-order chi connectivity index (χ0) is 32.6. The van der Waals surface area contributed by atoms with Gasteiger partial charge in [-0.05, 0) is 45.7 Å². The lowest BCUT2D eigenvalue weighted by atomic mass is 9.88. The van der Waals surface area contributed by atoms with E-state index in [1.54, 1.807) is 39.3 Å². The van der Waals surface area contributed by atoms with E-state index >= 15 is 0 Å². The average molecular weight is 697 g/mol. The van der Waals surface area contributed by atoms with Gasteiger partial charge in [-0.25, -0.2) is 8.78 Å². The maximum absolute atomic E-state index is 14.3. The lowest BCUT2D eigenvalue weighted by molar-refractivity contribution is -0.447. The second-order valence-electron chi connectivity index (χ2n) is 9.54. The highest BCUT2D eigenvalue weighted by molar-refractivity contribution is 6.79. The van der Waals surface area contributed by atoms with Crippen molar-refractivity contribution in [2.45, 2.75) is 106 Å². The highest BCUT2D eigenvalue weighted by atomic mass is 28.5. The third-order valence-corrected chi connectivity index (χ3v) is 15.9. The lowest BCUT2D eigenvalue weighted by Gasteiger charge is -2.42. The molecule has 0 aliphatic rings. The molecule has 0 radical (unpaired) electrons. The van der Waals surface area contributed by atoms with Crippen LogP contribution >= 0.6 is 0 Å². The lowest BCUT2D eigenvalue weighted by Crippen LogP contribution is -2.73. The fourth-order valence-corrected chi connectivity index (χ4v) is 16.0. The molecule has 0 aromatic carbocycles. The molecule has 0 unspecified atom stereocenters. The predicted octanol–water partition coefficient (Wildman–Crippen LogP) is 7.42. The molecule has 0 aliphatic heterocycles. The van der Waals surface area contributed by atoms with Crippen LogP contribution in [0.1, 0.15) is 12.8 Å². The quantitative estimate of drug-likeness (QED) is 0.117. The van der Waals surface area contributed by atoms with Crippen molar-refractivity contribution >= 4 is 35.9 Å². The van der Waals surface area contributed by atoms with Crippen molar-refractivity contribution in [3.8, 4) is 0 Å². The van der Waals surface area contributed by atoms with Crippen molar-refractivity contribution in [2.75, 3.05) is 0 Å². The molecule has 0 aromatic heterocycles. The highest BCUT2D eigenvalue weighted by Crippen LogP contribution is 2.63. The van der Waals surface area contributed by atoms with Gasteiger partial charge >= 0.3 is 56.7 Å². The Bertz CT molecular complexity index is 800. The van der Waals surface area contributed by atoms with Gasteiger partial charge in [-0.3, -0.25) is 0 Å². The first-order valence-electron chi connectivity index (χ1n) is 11.4. The third kappa shape index (κ3) is 7.39. The molecule has 0 saturated heterocycles. The molecule has 23 heteroatoms.